The van der Waals surface area contributed by atoms with Gasteiger partial charge in [-0.3, -0.25) is 4.79 Å². The summed E-state index contributed by atoms with van der Waals surface area (Å²) in [5.41, 5.74) is 2.39. The molecule has 0 bridgehead atoms. The van der Waals surface area contributed by atoms with Crippen LogP contribution in [0.1, 0.15) is 28.6 Å². The maximum Gasteiger partial charge on any atom is 0.227 e. The van der Waals surface area contributed by atoms with Crippen molar-refractivity contribution in [3.63, 3.8) is 0 Å². The Balaban J connectivity index is 0.00000208. The number of rotatable bonds is 3. The van der Waals surface area contributed by atoms with Gasteiger partial charge < -0.3 is 14.7 Å². The SMILES string of the molecule is Cc1noc(C)c1CC(=O)N1CCNCC1c1cccc(F)c1.Cl. The van der Waals surface area contributed by atoms with Crippen LogP contribution in [-0.2, 0) is 11.2 Å². The number of piperazine rings is 1. The summed E-state index contributed by atoms with van der Waals surface area (Å²) < 4.78 is 18.6. The van der Waals surface area contributed by atoms with Crippen molar-refractivity contribution in [1.82, 2.24) is 15.4 Å². The lowest BCUT2D eigenvalue weighted by molar-refractivity contribution is -0.133. The Morgan fingerprint density at radius 2 is 2.25 bits per heavy atom. The zero-order valence-corrected chi connectivity index (χ0v) is 14.5. The highest BCUT2D eigenvalue weighted by Crippen LogP contribution is 2.24. The molecule has 1 unspecified atom stereocenters. The van der Waals surface area contributed by atoms with E-state index >= 15 is 0 Å². The summed E-state index contributed by atoms with van der Waals surface area (Å²) in [6, 6.07) is 6.28. The third-order valence-corrected chi connectivity index (χ3v) is 4.31. The van der Waals surface area contributed by atoms with Crippen LogP contribution in [0.25, 0.3) is 0 Å². The van der Waals surface area contributed by atoms with Crippen LogP contribution in [0.5, 0.6) is 0 Å². The molecule has 2 heterocycles. The molecule has 0 spiro atoms. The number of amides is 1. The van der Waals surface area contributed by atoms with Gasteiger partial charge in [0.15, 0.2) is 0 Å². The van der Waals surface area contributed by atoms with Gasteiger partial charge in [0, 0.05) is 25.2 Å². The van der Waals surface area contributed by atoms with Crippen LogP contribution in [0.3, 0.4) is 0 Å². The van der Waals surface area contributed by atoms with Crippen molar-refractivity contribution in [2.45, 2.75) is 26.3 Å². The average Bonchev–Trinajstić information content (AvgIpc) is 2.87. The van der Waals surface area contributed by atoms with Crippen molar-refractivity contribution >= 4 is 18.3 Å². The minimum absolute atomic E-state index is 0. The van der Waals surface area contributed by atoms with Crippen molar-refractivity contribution in [2.75, 3.05) is 19.6 Å². The first-order valence-electron chi connectivity index (χ1n) is 7.73. The number of carbonyl (C=O) groups excluding carboxylic acids is 1. The van der Waals surface area contributed by atoms with E-state index in [-0.39, 0.29) is 36.6 Å². The van der Waals surface area contributed by atoms with Crippen molar-refractivity contribution in [3.05, 3.63) is 52.7 Å². The standard InChI is InChI=1S/C17H20FN3O2.ClH/c1-11-15(12(2)23-20-11)9-17(22)21-7-6-19-10-16(21)13-4-3-5-14(18)8-13;/h3-5,8,16,19H,6-7,9-10H2,1-2H3;1H. The minimum atomic E-state index is -0.286. The summed E-state index contributed by atoms with van der Waals surface area (Å²) in [4.78, 5) is 14.6. The average molecular weight is 354 g/mol. The number of aromatic nitrogens is 1. The molecule has 0 radical (unpaired) electrons. The van der Waals surface area contributed by atoms with E-state index in [9.17, 15) is 9.18 Å². The van der Waals surface area contributed by atoms with Crippen LogP contribution in [0.2, 0.25) is 0 Å². The molecule has 1 aromatic carbocycles. The first kappa shape index (κ1) is 18.4. The van der Waals surface area contributed by atoms with Crippen molar-refractivity contribution in [3.8, 4) is 0 Å². The van der Waals surface area contributed by atoms with Gasteiger partial charge in [0.1, 0.15) is 11.6 Å². The van der Waals surface area contributed by atoms with Crippen LogP contribution in [0.4, 0.5) is 4.39 Å². The van der Waals surface area contributed by atoms with Crippen LogP contribution < -0.4 is 5.32 Å². The first-order valence-corrected chi connectivity index (χ1v) is 7.73. The quantitative estimate of drug-likeness (QED) is 0.921. The molecule has 1 N–H and O–H groups in total. The molecule has 1 saturated heterocycles. The summed E-state index contributed by atoms with van der Waals surface area (Å²) in [6.45, 7) is 5.60. The number of aryl methyl sites for hydroxylation is 2. The lowest BCUT2D eigenvalue weighted by atomic mass is 10.0. The maximum absolute atomic E-state index is 13.5. The monoisotopic (exact) mass is 353 g/mol. The fourth-order valence-corrected chi connectivity index (χ4v) is 3.02. The fraction of sp³-hybridized carbons (Fsp3) is 0.412. The molecule has 7 heteroatoms. The third kappa shape index (κ3) is 3.76. The number of nitrogens with one attached hydrogen (secondary N) is 1. The van der Waals surface area contributed by atoms with E-state index in [4.69, 9.17) is 4.52 Å². The van der Waals surface area contributed by atoms with Crippen molar-refractivity contribution < 1.29 is 13.7 Å². The molecular weight excluding hydrogens is 333 g/mol. The molecule has 3 rings (SSSR count). The second-order valence-electron chi connectivity index (χ2n) is 5.84. The second kappa shape index (κ2) is 7.77. The highest BCUT2D eigenvalue weighted by atomic mass is 35.5. The molecule has 1 aliphatic rings. The minimum Gasteiger partial charge on any atom is -0.361 e. The van der Waals surface area contributed by atoms with E-state index in [1.165, 1.54) is 12.1 Å². The summed E-state index contributed by atoms with van der Waals surface area (Å²) in [5.74, 6) is 0.398. The lowest BCUT2D eigenvalue weighted by Gasteiger charge is -2.36. The zero-order valence-electron chi connectivity index (χ0n) is 13.7. The highest BCUT2D eigenvalue weighted by molar-refractivity contribution is 5.85. The van der Waals surface area contributed by atoms with E-state index < -0.39 is 0 Å². The van der Waals surface area contributed by atoms with Gasteiger partial charge in [0.2, 0.25) is 5.91 Å². The molecular formula is C17H21ClFN3O2. The Hall–Kier alpha value is -1.92. The van der Waals surface area contributed by atoms with Gasteiger partial charge in [0.25, 0.3) is 0 Å². The van der Waals surface area contributed by atoms with Crippen molar-refractivity contribution in [1.29, 1.82) is 0 Å². The number of hydrogen-bond acceptors (Lipinski definition) is 4. The second-order valence-corrected chi connectivity index (χ2v) is 5.84. The number of hydrogen-bond donors (Lipinski definition) is 1. The van der Waals surface area contributed by atoms with Gasteiger partial charge in [-0.05, 0) is 31.5 Å². The van der Waals surface area contributed by atoms with Gasteiger partial charge in [-0.25, -0.2) is 4.39 Å². The molecule has 24 heavy (non-hydrogen) atoms. The van der Waals surface area contributed by atoms with Crippen LogP contribution in [-0.4, -0.2) is 35.6 Å². The van der Waals surface area contributed by atoms with E-state index in [0.29, 0.717) is 18.8 Å². The number of carbonyl (C=O) groups is 1. The zero-order chi connectivity index (χ0) is 16.4. The first-order chi connectivity index (χ1) is 11.1. The smallest absolute Gasteiger partial charge is 0.227 e. The molecule has 1 atom stereocenters. The summed E-state index contributed by atoms with van der Waals surface area (Å²) in [7, 11) is 0. The number of benzene rings is 1. The van der Waals surface area contributed by atoms with Gasteiger partial charge in [0.05, 0.1) is 18.2 Å². The molecule has 130 valence electrons. The molecule has 0 saturated carbocycles. The van der Waals surface area contributed by atoms with Crippen LogP contribution in [0.15, 0.2) is 28.8 Å². The summed E-state index contributed by atoms with van der Waals surface area (Å²) >= 11 is 0. The molecule has 1 aliphatic heterocycles. The predicted octanol–water partition coefficient (Wildman–Crippen LogP) is 2.57. The molecule has 2 aromatic rings. The van der Waals surface area contributed by atoms with Gasteiger partial charge in [-0.1, -0.05) is 17.3 Å². The Kier molecular flexibility index (Phi) is 5.96. The molecule has 1 aromatic heterocycles. The topological polar surface area (TPSA) is 58.4 Å². The predicted molar refractivity (Wildman–Crippen MR) is 90.7 cm³/mol. The van der Waals surface area contributed by atoms with Gasteiger partial charge in [-0.15, -0.1) is 12.4 Å². The molecule has 5 nitrogen and oxygen atoms in total. The largest absolute Gasteiger partial charge is 0.361 e. The van der Waals surface area contributed by atoms with Gasteiger partial charge >= 0.3 is 0 Å². The Bertz CT molecular complexity index is 700. The number of nitrogens with zero attached hydrogens (tertiary/aromatic N) is 2. The summed E-state index contributed by atoms with van der Waals surface area (Å²) in [5, 5.41) is 7.17. The van der Waals surface area contributed by atoms with Crippen LogP contribution in [0, 0.1) is 19.7 Å². The maximum atomic E-state index is 13.5. The molecule has 0 aliphatic carbocycles. The van der Waals surface area contributed by atoms with Crippen LogP contribution >= 0.6 is 12.4 Å². The van der Waals surface area contributed by atoms with E-state index in [1.54, 1.807) is 6.07 Å². The normalized spacial score (nSPS) is 17.5. The fourth-order valence-electron chi connectivity index (χ4n) is 3.02. The number of halogens is 2. The van der Waals surface area contributed by atoms with Crippen molar-refractivity contribution in [2.24, 2.45) is 0 Å². The highest BCUT2D eigenvalue weighted by Gasteiger charge is 2.29. The van der Waals surface area contributed by atoms with E-state index in [2.05, 4.69) is 10.5 Å². The van der Waals surface area contributed by atoms with Gasteiger partial charge in [-0.2, -0.15) is 0 Å². The Morgan fingerprint density at radius 1 is 1.46 bits per heavy atom. The van der Waals surface area contributed by atoms with E-state index in [1.807, 2.05) is 24.8 Å². The Labute approximate surface area is 146 Å². The Morgan fingerprint density at radius 3 is 2.92 bits per heavy atom. The lowest BCUT2D eigenvalue weighted by Crippen LogP contribution is -2.49. The molecule has 1 fully saturated rings. The summed E-state index contributed by atoms with van der Waals surface area (Å²) in [6.07, 6.45) is 0.257. The third-order valence-electron chi connectivity index (χ3n) is 4.31. The molecule has 1 amide bonds. The van der Waals surface area contributed by atoms with E-state index in [0.717, 1.165) is 23.4 Å².